The molecule has 0 unspecified atom stereocenters. The molecule has 1 aliphatic heterocycles. The third kappa shape index (κ3) is 4.28. The number of benzene rings is 1. The van der Waals surface area contributed by atoms with E-state index in [0.29, 0.717) is 23.8 Å². The van der Waals surface area contributed by atoms with Gasteiger partial charge in [0.15, 0.2) is 0 Å². The fourth-order valence-electron chi connectivity index (χ4n) is 4.10. The van der Waals surface area contributed by atoms with Crippen LogP contribution < -0.4 is 0 Å². The van der Waals surface area contributed by atoms with Crippen molar-refractivity contribution in [1.82, 2.24) is 9.80 Å². The Kier molecular flexibility index (Phi) is 5.01. The zero-order valence-corrected chi connectivity index (χ0v) is 15.8. The molecule has 1 aromatic carbocycles. The number of hydrogen-bond acceptors (Lipinski definition) is 2. The molecule has 4 heteroatoms. The Morgan fingerprint density at radius 1 is 0.962 bits per heavy atom. The fourth-order valence-corrected chi connectivity index (χ4v) is 4.10. The van der Waals surface area contributed by atoms with Gasteiger partial charge >= 0.3 is 0 Å². The first kappa shape index (κ1) is 17.6. The standard InChI is InChI=1S/C22H30N2O2/c1-16(25)23-12-10-18(11-13-23)14-17-2-4-19(5-3-17)15-24(21-8-9-21)22(26)20-6-7-20/h2-5,18,20-21H,6-15H2,1H3. The Morgan fingerprint density at radius 3 is 2.12 bits per heavy atom. The molecule has 3 fully saturated rings. The zero-order chi connectivity index (χ0) is 18.1. The molecule has 0 N–H and O–H groups in total. The van der Waals surface area contributed by atoms with E-state index in [4.69, 9.17) is 0 Å². The van der Waals surface area contributed by atoms with Gasteiger partial charge < -0.3 is 9.80 Å². The molecule has 2 aliphatic carbocycles. The highest BCUT2D eigenvalue weighted by Gasteiger charge is 2.39. The van der Waals surface area contributed by atoms with Gasteiger partial charge in [0, 0.05) is 38.5 Å². The Bertz CT molecular complexity index is 653. The minimum absolute atomic E-state index is 0.203. The first-order valence-corrected chi connectivity index (χ1v) is 10.2. The molecular formula is C22H30N2O2. The van der Waals surface area contributed by atoms with Crippen LogP contribution in [0.2, 0.25) is 0 Å². The Balaban J connectivity index is 1.30. The molecule has 4 nitrogen and oxygen atoms in total. The quantitative estimate of drug-likeness (QED) is 0.786. The van der Waals surface area contributed by atoms with Gasteiger partial charge in [-0.2, -0.15) is 0 Å². The van der Waals surface area contributed by atoms with E-state index in [-0.39, 0.29) is 5.91 Å². The monoisotopic (exact) mass is 354 g/mol. The molecular weight excluding hydrogens is 324 g/mol. The number of amides is 2. The van der Waals surface area contributed by atoms with Crippen LogP contribution in [-0.2, 0) is 22.6 Å². The van der Waals surface area contributed by atoms with Crippen LogP contribution in [0, 0.1) is 11.8 Å². The van der Waals surface area contributed by atoms with E-state index in [9.17, 15) is 9.59 Å². The molecule has 0 spiro atoms. The lowest BCUT2D eigenvalue weighted by molar-refractivity contribution is -0.133. The van der Waals surface area contributed by atoms with Gasteiger partial charge in [-0.05, 0) is 62.0 Å². The summed E-state index contributed by atoms with van der Waals surface area (Å²) in [6.45, 7) is 4.24. The molecule has 1 saturated heterocycles. The van der Waals surface area contributed by atoms with Crippen LogP contribution in [0.4, 0.5) is 0 Å². The minimum Gasteiger partial charge on any atom is -0.343 e. The predicted molar refractivity (Wildman–Crippen MR) is 101 cm³/mol. The van der Waals surface area contributed by atoms with Gasteiger partial charge in [-0.3, -0.25) is 9.59 Å². The van der Waals surface area contributed by atoms with E-state index < -0.39 is 0 Å². The average Bonchev–Trinajstić information content (AvgIpc) is 3.54. The molecule has 26 heavy (non-hydrogen) atoms. The summed E-state index contributed by atoms with van der Waals surface area (Å²) < 4.78 is 0. The highest BCUT2D eigenvalue weighted by Crippen LogP contribution is 2.36. The first-order chi connectivity index (χ1) is 12.6. The second-order valence-electron chi connectivity index (χ2n) is 8.44. The lowest BCUT2D eigenvalue weighted by Crippen LogP contribution is -2.37. The summed E-state index contributed by atoms with van der Waals surface area (Å²) in [5.41, 5.74) is 2.63. The number of hydrogen-bond donors (Lipinski definition) is 0. The average molecular weight is 354 g/mol. The summed E-state index contributed by atoms with van der Waals surface area (Å²) in [5, 5.41) is 0. The molecule has 0 radical (unpaired) electrons. The van der Waals surface area contributed by atoms with Crippen molar-refractivity contribution in [3.8, 4) is 0 Å². The molecule has 3 aliphatic rings. The molecule has 0 bridgehead atoms. The molecule has 1 aromatic rings. The number of nitrogens with zero attached hydrogens (tertiary/aromatic N) is 2. The van der Waals surface area contributed by atoms with Crippen LogP contribution >= 0.6 is 0 Å². The van der Waals surface area contributed by atoms with Crippen molar-refractivity contribution in [2.75, 3.05) is 13.1 Å². The van der Waals surface area contributed by atoms with E-state index in [0.717, 1.165) is 51.7 Å². The second kappa shape index (κ2) is 7.42. The zero-order valence-electron chi connectivity index (χ0n) is 15.8. The molecule has 0 aromatic heterocycles. The van der Waals surface area contributed by atoms with E-state index in [2.05, 4.69) is 29.2 Å². The SMILES string of the molecule is CC(=O)N1CCC(Cc2ccc(CN(C(=O)C3CC3)C3CC3)cc2)CC1. The van der Waals surface area contributed by atoms with E-state index in [1.807, 2.05) is 4.90 Å². The smallest absolute Gasteiger partial charge is 0.226 e. The van der Waals surface area contributed by atoms with Gasteiger partial charge in [-0.1, -0.05) is 24.3 Å². The van der Waals surface area contributed by atoms with Crippen molar-refractivity contribution < 1.29 is 9.59 Å². The van der Waals surface area contributed by atoms with Crippen LogP contribution in [0.5, 0.6) is 0 Å². The Labute approximate surface area is 156 Å². The van der Waals surface area contributed by atoms with Gasteiger partial charge in [0.25, 0.3) is 0 Å². The second-order valence-corrected chi connectivity index (χ2v) is 8.44. The summed E-state index contributed by atoms with van der Waals surface area (Å²) in [6.07, 6.45) is 7.83. The highest BCUT2D eigenvalue weighted by atomic mass is 16.2. The first-order valence-electron chi connectivity index (χ1n) is 10.2. The van der Waals surface area contributed by atoms with E-state index >= 15 is 0 Å². The summed E-state index contributed by atoms with van der Waals surface area (Å²) in [7, 11) is 0. The van der Waals surface area contributed by atoms with Crippen LogP contribution in [0.3, 0.4) is 0 Å². The van der Waals surface area contributed by atoms with Crippen molar-refractivity contribution in [3.05, 3.63) is 35.4 Å². The molecule has 4 rings (SSSR count). The van der Waals surface area contributed by atoms with E-state index in [1.54, 1.807) is 6.92 Å². The third-order valence-electron chi connectivity index (χ3n) is 6.16. The maximum atomic E-state index is 12.5. The number of likely N-dealkylation sites (tertiary alicyclic amines) is 1. The number of rotatable bonds is 6. The molecule has 140 valence electrons. The van der Waals surface area contributed by atoms with Crippen molar-refractivity contribution in [1.29, 1.82) is 0 Å². The summed E-state index contributed by atoms with van der Waals surface area (Å²) in [6, 6.07) is 9.37. The van der Waals surface area contributed by atoms with E-state index in [1.165, 1.54) is 24.0 Å². The normalized spacial score (nSPS) is 20.9. The van der Waals surface area contributed by atoms with Gasteiger partial charge in [0.05, 0.1) is 0 Å². The van der Waals surface area contributed by atoms with Gasteiger partial charge in [-0.25, -0.2) is 0 Å². The maximum Gasteiger partial charge on any atom is 0.226 e. The molecule has 2 saturated carbocycles. The lowest BCUT2D eigenvalue weighted by atomic mass is 9.90. The topological polar surface area (TPSA) is 40.6 Å². The van der Waals surface area contributed by atoms with Gasteiger partial charge in [-0.15, -0.1) is 0 Å². The van der Waals surface area contributed by atoms with Crippen molar-refractivity contribution in [2.45, 2.75) is 64.5 Å². The summed E-state index contributed by atoms with van der Waals surface area (Å²) in [4.78, 5) is 28.0. The molecule has 1 heterocycles. The van der Waals surface area contributed by atoms with Gasteiger partial charge in [0.1, 0.15) is 0 Å². The maximum absolute atomic E-state index is 12.5. The molecule has 0 atom stereocenters. The van der Waals surface area contributed by atoms with Crippen molar-refractivity contribution in [3.63, 3.8) is 0 Å². The minimum atomic E-state index is 0.203. The van der Waals surface area contributed by atoms with Crippen molar-refractivity contribution >= 4 is 11.8 Å². The van der Waals surface area contributed by atoms with Gasteiger partial charge in [0.2, 0.25) is 11.8 Å². The van der Waals surface area contributed by atoms with Crippen LogP contribution in [-0.4, -0.2) is 40.7 Å². The summed E-state index contributed by atoms with van der Waals surface area (Å²) in [5.74, 6) is 1.58. The largest absolute Gasteiger partial charge is 0.343 e. The van der Waals surface area contributed by atoms with Crippen LogP contribution in [0.15, 0.2) is 24.3 Å². The van der Waals surface area contributed by atoms with Crippen LogP contribution in [0.25, 0.3) is 0 Å². The Hall–Kier alpha value is -1.84. The molecule has 2 amide bonds. The van der Waals surface area contributed by atoms with Crippen molar-refractivity contribution in [2.24, 2.45) is 11.8 Å². The fraction of sp³-hybridized carbons (Fsp3) is 0.636. The Morgan fingerprint density at radius 2 is 1.58 bits per heavy atom. The summed E-state index contributed by atoms with van der Waals surface area (Å²) >= 11 is 0. The number of carbonyl (C=O) groups excluding carboxylic acids is 2. The highest BCUT2D eigenvalue weighted by molar-refractivity contribution is 5.81. The number of carbonyl (C=O) groups is 2. The predicted octanol–water partition coefficient (Wildman–Crippen LogP) is 3.39. The van der Waals surface area contributed by atoms with Crippen LogP contribution in [0.1, 0.15) is 56.6 Å². The third-order valence-corrected chi connectivity index (χ3v) is 6.16. The lowest BCUT2D eigenvalue weighted by Gasteiger charge is -2.31. The number of piperidine rings is 1.